The molecule has 34 heavy (non-hydrogen) atoms. The van der Waals surface area contributed by atoms with Crippen LogP contribution in [0.25, 0.3) is 5.57 Å². The van der Waals surface area contributed by atoms with Crippen LogP contribution in [0.2, 0.25) is 0 Å². The predicted octanol–water partition coefficient (Wildman–Crippen LogP) is 5.29. The van der Waals surface area contributed by atoms with Crippen LogP contribution in [0.15, 0.2) is 42.5 Å². The normalized spacial score (nSPS) is 21.4. The van der Waals surface area contributed by atoms with E-state index < -0.39 is 5.60 Å². The van der Waals surface area contributed by atoms with Gasteiger partial charge in [0.25, 0.3) is 0 Å². The molecule has 0 aromatic heterocycles. The second-order valence-electron chi connectivity index (χ2n) is 10.7. The second kappa shape index (κ2) is 10.7. The molecule has 1 unspecified atom stereocenters. The largest absolute Gasteiger partial charge is 0.493 e. The monoisotopic (exact) mass is 466 g/mol. The number of rotatable bonds is 5. The number of hydrogen-bond acceptors (Lipinski definition) is 4. The first kappa shape index (κ1) is 24.4. The van der Waals surface area contributed by atoms with Gasteiger partial charge in [0.05, 0.1) is 6.61 Å². The maximum atomic E-state index is 12.6. The highest BCUT2D eigenvalue weighted by atomic mass is 16.6. The van der Waals surface area contributed by atoms with Crippen molar-refractivity contribution < 1.29 is 19.1 Å². The van der Waals surface area contributed by atoms with Gasteiger partial charge < -0.3 is 19.3 Å². The SMILES string of the molecule is CC(C)(C)OC(=O)N1CCC(COc2ccc(C3=CCC(C(=O)N4CC=CC4)CC3)cc2)CC1. The molecule has 0 bridgehead atoms. The van der Waals surface area contributed by atoms with Crippen molar-refractivity contribution in [1.82, 2.24) is 9.80 Å². The van der Waals surface area contributed by atoms with E-state index in [1.54, 1.807) is 4.90 Å². The van der Waals surface area contributed by atoms with Crippen molar-refractivity contribution in [2.24, 2.45) is 11.8 Å². The van der Waals surface area contributed by atoms with E-state index in [9.17, 15) is 9.59 Å². The van der Waals surface area contributed by atoms with E-state index in [-0.39, 0.29) is 12.0 Å². The van der Waals surface area contributed by atoms with Gasteiger partial charge in [-0.1, -0.05) is 30.4 Å². The number of ether oxygens (including phenoxy) is 2. The zero-order valence-electron chi connectivity index (χ0n) is 20.8. The first-order valence-corrected chi connectivity index (χ1v) is 12.6. The van der Waals surface area contributed by atoms with Gasteiger partial charge in [0, 0.05) is 32.1 Å². The van der Waals surface area contributed by atoms with Crippen LogP contribution in [0.3, 0.4) is 0 Å². The summed E-state index contributed by atoms with van der Waals surface area (Å²) in [6, 6.07) is 8.33. The molecule has 4 rings (SSSR count). The van der Waals surface area contributed by atoms with Gasteiger partial charge in [-0.25, -0.2) is 4.79 Å². The molecule has 6 heteroatoms. The van der Waals surface area contributed by atoms with Gasteiger partial charge in [0.1, 0.15) is 11.4 Å². The van der Waals surface area contributed by atoms with Crippen molar-refractivity contribution in [3.63, 3.8) is 0 Å². The van der Waals surface area contributed by atoms with Crippen molar-refractivity contribution >= 4 is 17.6 Å². The van der Waals surface area contributed by atoms with Crippen LogP contribution in [-0.4, -0.2) is 60.2 Å². The van der Waals surface area contributed by atoms with Crippen LogP contribution >= 0.6 is 0 Å². The van der Waals surface area contributed by atoms with E-state index in [1.165, 1.54) is 11.1 Å². The van der Waals surface area contributed by atoms with Gasteiger partial charge in [-0.15, -0.1) is 0 Å². The lowest BCUT2D eigenvalue weighted by molar-refractivity contribution is -0.134. The van der Waals surface area contributed by atoms with Gasteiger partial charge in [-0.05, 0) is 82.1 Å². The molecular formula is C28H38N2O4. The van der Waals surface area contributed by atoms with Crippen LogP contribution in [0.4, 0.5) is 4.79 Å². The molecule has 1 aromatic carbocycles. The molecule has 0 radical (unpaired) electrons. The molecule has 1 fully saturated rings. The Kier molecular flexibility index (Phi) is 7.64. The number of carbonyl (C=O) groups is 2. The first-order chi connectivity index (χ1) is 16.3. The Hall–Kier alpha value is -2.76. The summed E-state index contributed by atoms with van der Waals surface area (Å²) in [7, 11) is 0. The zero-order valence-corrected chi connectivity index (χ0v) is 20.8. The summed E-state index contributed by atoms with van der Waals surface area (Å²) in [4.78, 5) is 28.6. The average molecular weight is 467 g/mol. The molecule has 3 aliphatic rings. The van der Waals surface area contributed by atoms with E-state index in [4.69, 9.17) is 9.47 Å². The molecule has 2 aliphatic heterocycles. The standard InChI is InChI=1S/C28H38N2O4/c1-28(2,3)34-27(32)30-18-14-21(15-19-30)20-33-25-12-10-23(11-13-25)22-6-8-24(9-7-22)26(31)29-16-4-5-17-29/h4-6,10-13,21,24H,7-9,14-20H2,1-3H3. The molecule has 1 aromatic rings. The molecule has 1 aliphatic carbocycles. The van der Waals surface area contributed by atoms with Gasteiger partial charge in [-0.3, -0.25) is 4.79 Å². The number of nitrogens with zero attached hydrogens (tertiary/aromatic N) is 2. The Labute approximate surface area is 203 Å². The minimum Gasteiger partial charge on any atom is -0.493 e. The highest BCUT2D eigenvalue weighted by Crippen LogP contribution is 2.32. The molecule has 184 valence electrons. The Morgan fingerprint density at radius 1 is 0.971 bits per heavy atom. The molecular weight excluding hydrogens is 428 g/mol. The number of allylic oxidation sites excluding steroid dienone is 2. The number of likely N-dealkylation sites (tertiary alicyclic amines) is 1. The van der Waals surface area contributed by atoms with Crippen molar-refractivity contribution in [2.45, 2.75) is 58.5 Å². The van der Waals surface area contributed by atoms with Gasteiger partial charge in [0.2, 0.25) is 5.91 Å². The summed E-state index contributed by atoms with van der Waals surface area (Å²) in [6.07, 6.45) is 10.7. The second-order valence-corrected chi connectivity index (χ2v) is 10.7. The van der Waals surface area contributed by atoms with Gasteiger partial charge in [0.15, 0.2) is 0 Å². The fourth-order valence-electron chi connectivity index (χ4n) is 4.82. The fourth-order valence-corrected chi connectivity index (χ4v) is 4.82. The Bertz CT molecular complexity index is 913. The fraction of sp³-hybridized carbons (Fsp3) is 0.571. The van der Waals surface area contributed by atoms with Crippen LogP contribution in [0.5, 0.6) is 5.75 Å². The summed E-state index contributed by atoms with van der Waals surface area (Å²) in [5.74, 6) is 1.73. The van der Waals surface area contributed by atoms with Crippen LogP contribution < -0.4 is 4.74 Å². The molecule has 2 heterocycles. The van der Waals surface area contributed by atoms with Crippen molar-refractivity contribution in [3.8, 4) is 5.75 Å². The molecule has 1 atom stereocenters. The van der Waals surface area contributed by atoms with Crippen molar-refractivity contribution in [3.05, 3.63) is 48.1 Å². The Balaban J connectivity index is 1.20. The molecule has 1 saturated heterocycles. The lowest BCUT2D eigenvalue weighted by atomic mass is 9.86. The van der Waals surface area contributed by atoms with Crippen LogP contribution in [0, 0.1) is 11.8 Å². The topological polar surface area (TPSA) is 59.1 Å². The maximum Gasteiger partial charge on any atom is 0.410 e. The van der Waals surface area contributed by atoms with Crippen molar-refractivity contribution in [2.75, 3.05) is 32.8 Å². The third kappa shape index (κ3) is 6.43. The smallest absolute Gasteiger partial charge is 0.410 e. The molecule has 6 nitrogen and oxygen atoms in total. The Morgan fingerprint density at radius 2 is 1.65 bits per heavy atom. The van der Waals surface area contributed by atoms with E-state index in [2.05, 4.69) is 30.4 Å². The third-order valence-electron chi connectivity index (χ3n) is 6.87. The molecule has 0 saturated carbocycles. The minimum atomic E-state index is -0.457. The lowest BCUT2D eigenvalue weighted by Gasteiger charge is -2.33. The maximum absolute atomic E-state index is 12.6. The number of piperidine rings is 1. The summed E-state index contributed by atoms with van der Waals surface area (Å²) >= 11 is 0. The number of carbonyl (C=O) groups excluding carboxylic acids is 2. The highest BCUT2D eigenvalue weighted by molar-refractivity contribution is 5.81. The quantitative estimate of drug-likeness (QED) is 0.553. The van der Waals surface area contributed by atoms with Gasteiger partial charge >= 0.3 is 6.09 Å². The predicted molar refractivity (Wildman–Crippen MR) is 134 cm³/mol. The van der Waals surface area contributed by atoms with Crippen molar-refractivity contribution in [1.29, 1.82) is 0 Å². The highest BCUT2D eigenvalue weighted by Gasteiger charge is 2.28. The van der Waals surface area contributed by atoms with Crippen LogP contribution in [-0.2, 0) is 9.53 Å². The molecule has 0 spiro atoms. The summed E-state index contributed by atoms with van der Waals surface area (Å²) in [5, 5.41) is 0. The zero-order chi connectivity index (χ0) is 24.1. The number of hydrogen-bond donors (Lipinski definition) is 0. The van der Waals surface area contributed by atoms with E-state index in [0.717, 1.165) is 50.9 Å². The van der Waals surface area contributed by atoms with E-state index in [1.807, 2.05) is 37.8 Å². The van der Waals surface area contributed by atoms with E-state index >= 15 is 0 Å². The van der Waals surface area contributed by atoms with Gasteiger partial charge in [-0.2, -0.15) is 0 Å². The summed E-state index contributed by atoms with van der Waals surface area (Å²) in [6.45, 7) is 9.31. The average Bonchev–Trinajstić information content (AvgIpc) is 3.37. The summed E-state index contributed by atoms with van der Waals surface area (Å²) in [5.41, 5.74) is 2.08. The van der Waals surface area contributed by atoms with E-state index in [0.29, 0.717) is 31.5 Å². The minimum absolute atomic E-state index is 0.119. The Morgan fingerprint density at radius 3 is 2.24 bits per heavy atom. The summed E-state index contributed by atoms with van der Waals surface area (Å²) < 4.78 is 11.5. The third-order valence-corrected chi connectivity index (χ3v) is 6.87. The first-order valence-electron chi connectivity index (χ1n) is 12.6. The molecule has 0 N–H and O–H groups in total. The lowest BCUT2D eigenvalue weighted by Crippen LogP contribution is -2.42. The number of benzene rings is 1. The van der Waals surface area contributed by atoms with Crippen LogP contribution in [0.1, 0.15) is 58.4 Å². The number of amides is 2. The molecule has 2 amide bonds.